The van der Waals surface area contributed by atoms with Gasteiger partial charge in [0.15, 0.2) is 0 Å². The second kappa shape index (κ2) is 7.64. The van der Waals surface area contributed by atoms with Crippen molar-refractivity contribution in [2.45, 2.75) is 26.2 Å². The number of rotatable bonds is 6. The third-order valence-electron chi connectivity index (χ3n) is 3.99. The molecule has 3 heteroatoms. The average molecular weight is 319 g/mol. The van der Waals surface area contributed by atoms with E-state index in [1.165, 1.54) is 0 Å². The first-order chi connectivity index (χ1) is 11.8. The number of carbonyl (C=O) groups excluding carboxylic acids is 1. The van der Waals surface area contributed by atoms with Gasteiger partial charge in [-0.25, -0.2) is 0 Å². The molecule has 0 bridgehead atoms. The molecule has 0 radical (unpaired) electrons. The first-order valence-electron chi connectivity index (χ1n) is 8.28. The molecule has 122 valence electrons. The summed E-state index contributed by atoms with van der Waals surface area (Å²) in [7, 11) is 0. The average Bonchev–Trinajstić information content (AvgIpc) is 3.10. The van der Waals surface area contributed by atoms with E-state index in [9.17, 15) is 4.79 Å². The fourth-order valence-electron chi connectivity index (χ4n) is 2.67. The number of carbonyl (C=O) groups is 1. The highest BCUT2D eigenvalue weighted by atomic mass is 16.3. The first-order valence-corrected chi connectivity index (χ1v) is 8.28. The van der Waals surface area contributed by atoms with Crippen LogP contribution in [0.15, 0.2) is 71.1 Å². The summed E-state index contributed by atoms with van der Waals surface area (Å²) in [4.78, 5) is 12.2. The second-order valence-electron chi connectivity index (χ2n) is 5.69. The van der Waals surface area contributed by atoms with Gasteiger partial charge in [0.25, 0.3) is 0 Å². The molecule has 1 N–H and O–H groups in total. The Morgan fingerprint density at radius 3 is 2.50 bits per heavy atom. The lowest BCUT2D eigenvalue weighted by atomic mass is 10.1. The number of hydrogen-bond acceptors (Lipinski definition) is 2. The topological polar surface area (TPSA) is 42.2 Å². The minimum atomic E-state index is 0.00793. The summed E-state index contributed by atoms with van der Waals surface area (Å²) >= 11 is 0. The number of hydrogen-bond donors (Lipinski definition) is 1. The van der Waals surface area contributed by atoms with Gasteiger partial charge in [-0.15, -0.1) is 0 Å². The van der Waals surface area contributed by atoms with Gasteiger partial charge in [-0.05, 0) is 30.2 Å². The lowest BCUT2D eigenvalue weighted by Gasteiger charge is -2.09. The Morgan fingerprint density at radius 2 is 1.71 bits per heavy atom. The number of amides is 1. The summed E-state index contributed by atoms with van der Waals surface area (Å²) in [6.45, 7) is 2.08. The summed E-state index contributed by atoms with van der Waals surface area (Å²) in [5.74, 6) is 1.67. The molecule has 0 saturated heterocycles. The summed E-state index contributed by atoms with van der Waals surface area (Å²) in [6.07, 6.45) is 1.89. The monoisotopic (exact) mass is 319 g/mol. The maximum absolute atomic E-state index is 12.2. The molecule has 0 spiro atoms. The number of aryl methyl sites for hydroxylation is 2. The molecule has 0 aliphatic heterocycles. The zero-order chi connectivity index (χ0) is 16.8. The van der Waals surface area contributed by atoms with Gasteiger partial charge >= 0.3 is 0 Å². The van der Waals surface area contributed by atoms with Crippen molar-refractivity contribution >= 4 is 11.6 Å². The first kappa shape index (κ1) is 16.1. The molecule has 1 amide bonds. The lowest BCUT2D eigenvalue weighted by Crippen LogP contribution is -2.13. The van der Waals surface area contributed by atoms with Crippen LogP contribution in [-0.2, 0) is 17.6 Å². The minimum Gasteiger partial charge on any atom is -0.461 e. The Balaban J connectivity index is 1.58. The van der Waals surface area contributed by atoms with Crippen LogP contribution in [0.25, 0.3) is 11.3 Å². The molecule has 0 saturated carbocycles. The molecule has 2 aromatic carbocycles. The van der Waals surface area contributed by atoms with Gasteiger partial charge in [-0.2, -0.15) is 0 Å². The SMILES string of the molecule is CCc1ccccc1NC(=O)CCc1ccc(-c2ccccc2)o1. The summed E-state index contributed by atoms with van der Waals surface area (Å²) < 4.78 is 5.84. The van der Waals surface area contributed by atoms with Gasteiger partial charge in [-0.1, -0.05) is 55.5 Å². The van der Waals surface area contributed by atoms with Crippen molar-refractivity contribution in [1.29, 1.82) is 0 Å². The van der Waals surface area contributed by atoms with E-state index in [1.54, 1.807) is 0 Å². The third kappa shape index (κ3) is 3.93. The van der Waals surface area contributed by atoms with Crippen molar-refractivity contribution < 1.29 is 9.21 Å². The summed E-state index contributed by atoms with van der Waals surface area (Å²) in [5, 5.41) is 2.99. The highest BCUT2D eigenvalue weighted by Crippen LogP contribution is 2.22. The molecule has 3 nitrogen and oxygen atoms in total. The predicted molar refractivity (Wildman–Crippen MR) is 96.9 cm³/mol. The molecule has 3 aromatic rings. The smallest absolute Gasteiger partial charge is 0.224 e. The molecule has 0 fully saturated rings. The normalized spacial score (nSPS) is 10.5. The van der Waals surface area contributed by atoms with E-state index in [2.05, 4.69) is 12.2 Å². The van der Waals surface area contributed by atoms with E-state index in [0.717, 1.165) is 34.8 Å². The van der Waals surface area contributed by atoms with Gasteiger partial charge < -0.3 is 9.73 Å². The second-order valence-corrected chi connectivity index (χ2v) is 5.69. The highest BCUT2D eigenvalue weighted by Gasteiger charge is 2.09. The Kier molecular flexibility index (Phi) is 5.12. The van der Waals surface area contributed by atoms with Crippen LogP contribution in [0.3, 0.4) is 0 Å². The summed E-state index contributed by atoms with van der Waals surface area (Å²) in [6, 6.07) is 21.8. The van der Waals surface area contributed by atoms with Crippen molar-refractivity contribution in [3.8, 4) is 11.3 Å². The number of benzene rings is 2. The van der Waals surface area contributed by atoms with E-state index >= 15 is 0 Å². The van der Waals surface area contributed by atoms with Crippen molar-refractivity contribution in [2.24, 2.45) is 0 Å². The van der Waals surface area contributed by atoms with Crippen LogP contribution in [0.1, 0.15) is 24.7 Å². The molecule has 0 atom stereocenters. The van der Waals surface area contributed by atoms with E-state index in [1.807, 2.05) is 66.7 Å². The van der Waals surface area contributed by atoms with Crippen molar-refractivity contribution in [2.75, 3.05) is 5.32 Å². The lowest BCUT2D eigenvalue weighted by molar-refractivity contribution is -0.116. The Labute approximate surface area is 142 Å². The van der Waals surface area contributed by atoms with E-state index in [-0.39, 0.29) is 5.91 Å². The fourth-order valence-corrected chi connectivity index (χ4v) is 2.67. The van der Waals surface area contributed by atoms with E-state index in [4.69, 9.17) is 4.42 Å². The van der Waals surface area contributed by atoms with Gasteiger partial charge in [0, 0.05) is 24.1 Å². The van der Waals surface area contributed by atoms with Crippen LogP contribution >= 0.6 is 0 Å². The molecule has 0 aliphatic carbocycles. The molecular weight excluding hydrogens is 298 g/mol. The fraction of sp³-hybridized carbons (Fsp3) is 0.190. The standard InChI is InChI=1S/C21H21NO2/c1-2-16-8-6-7-11-19(16)22-21(23)15-13-18-12-14-20(24-18)17-9-4-3-5-10-17/h3-12,14H,2,13,15H2,1H3,(H,22,23). The van der Waals surface area contributed by atoms with Crippen LogP contribution in [0.4, 0.5) is 5.69 Å². The van der Waals surface area contributed by atoms with Crippen LogP contribution < -0.4 is 5.32 Å². The van der Waals surface area contributed by atoms with Crippen molar-refractivity contribution in [1.82, 2.24) is 0 Å². The third-order valence-corrected chi connectivity index (χ3v) is 3.99. The van der Waals surface area contributed by atoms with Crippen LogP contribution in [0.2, 0.25) is 0 Å². The Bertz CT molecular complexity index is 805. The maximum atomic E-state index is 12.2. The molecule has 1 aromatic heterocycles. The number of furan rings is 1. The Hall–Kier alpha value is -2.81. The van der Waals surface area contributed by atoms with Crippen LogP contribution in [-0.4, -0.2) is 5.91 Å². The number of nitrogens with one attached hydrogen (secondary N) is 1. The van der Waals surface area contributed by atoms with E-state index < -0.39 is 0 Å². The van der Waals surface area contributed by atoms with Crippen LogP contribution in [0, 0.1) is 0 Å². The molecule has 0 aliphatic rings. The predicted octanol–water partition coefficient (Wildman–Crippen LogP) is 5.08. The highest BCUT2D eigenvalue weighted by molar-refractivity contribution is 5.91. The molecule has 1 heterocycles. The van der Waals surface area contributed by atoms with Crippen molar-refractivity contribution in [3.63, 3.8) is 0 Å². The van der Waals surface area contributed by atoms with Gasteiger partial charge in [-0.3, -0.25) is 4.79 Å². The van der Waals surface area contributed by atoms with Gasteiger partial charge in [0.2, 0.25) is 5.91 Å². The molecule has 3 rings (SSSR count). The molecular formula is C21H21NO2. The zero-order valence-electron chi connectivity index (χ0n) is 13.8. The van der Waals surface area contributed by atoms with Crippen molar-refractivity contribution in [3.05, 3.63) is 78.1 Å². The summed E-state index contributed by atoms with van der Waals surface area (Å²) in [5.41, 5.74) is 3.09. The number of para-hydroxylation sites is 1. The van der Waals surface area contributed by atoms with Gasteiger partial charge in [0.05, 0.1) is 0 Å². The molecule has 0 unspecified atom stereocenters. The Morgan fingerprint density at radius 1 is 0.958 bits per heavy atom. The maximum Gasteiger partial charge on any atom is 0.224 e. The zero-order valence-corrected chi connectivity index (χ0v) is 13.8. The molecule has 24 heavy (non-hydrogen) atoms. The van der Waals surface area contributed by atoms with Gasteiger partial charge in [0.1, 0.15) is 11.5 Å². The quantitative estimate of drug-likeness (QED) is 0.688. The van der Waals surface area contributed by atoms with E-state index in [0.29, 0.717) is 12.8 Å². The van der Waals surface area contributed by atoms with Crippen LogP contribution in [0.5, 0.6) is 0 Å². The largest absolute Gasteiger partial charge is 0.461 e. The minimum absolute atomic E-state index is 0.00793. The number of anilines is 1.